The van der Waals surface area contributed by atoms with Gasteiger partial charge >= 0.3 is 0 Å². The van der Waals surface area contributed by atoms with E-state index in [-0.39, 0.29) is 23.3 Å². The van der Waals surface area contributed by atoms with Crippen molar-refractivity contribution in [2.45, 2.75) is 44.2 Å². The Bertz CT molecular complexity index is 471. The van der Waals surface area contributed by atoms with E-state index in [1.54, 1.807) is 30.1 Å². The molecule has 1 aromatic rings. The highest BCUT2D eigenvalue weighted by molar-refractivity contribution is 5.77. The molecule has 1 unspecified atom stereocenters. The molecule has 104 valence electrons. The fourth-order valence-electron chi connectivity index (χ4n) is 2.47. The monoisotopic (exact) mass is 264 g/mol. The van der Waals surface area contributed by atoms with Crippen LogP contribution >= 0.6 is 0 Å². The molecule has 0 heterocycles. The number of nitrogens with zero attached hydrogens (tertiary/aromatic N) is 1. The molecule has 19 heavy (non-hydrogen) atoms. The van der Waals surface area contributed by atoms with Gasteiger partial charge < -0.3 is 10.6 Å². The molecule has 1 aliphatic rings. The van der Waals surface area contributed by atoms with Crippen LogP contribution in [0.25, 0.3) is 0 Å². The Labute approximate surface area is 113 Å². The van der Waals surface area contributed by atoms with Crippen molar-refractivity contribution in [1.29, 1.82) is 0 Å². The van der Waals surface area contributed by atoms with Gasteiger partial charge in [-0.15, -0.1) is 0 Å². The molecule has 4 heteroatoms. The van der Waals surface area contributed by atoms with Crippen molar-refractivity contribution < 1.29 is 9.18 Å². The first-order chi connectivity index (χ1) is 8.93. The Hall–Kier alpha value is -1.42. The Kier molecular flexibility index (Phi) is 3.90. The molecule has 1 atom stereocenters. The highest BCUT2D eigenvalue weighted by Crippen LogP contribution is 2.33. The second-order valence-corrected chi connectivity index (χ2v) is 5.59. The number of amides is 1. The van der Waals surface area contributed by atoms with Crippen LogP contribution in [0.15, 0.2) is 24.3 Å². The van der Waals surface area contributed by atoms with Gasteiger partial charge in [-0.1, -0.05) is 18.2 Å². The van der Waals surface area contributed by atoms with Gasteiger partial charge in [0, 0.05) is 24.6 Å². The van der Waals surface area contributed by atoms with Crippen LogP contribution < -0.4 is 5.73 Å². The zero-order valence-electron chi connectivity index (χ0n) is 11.5. The third-order valence-electron chi connectivity index (χ3n) is 4.18. The molecule has 1 amide bonds. The van der Waals surface area contributed by atoms with E-state index in [9.17, 15) is 9.18 Å². The number of carbonyl (C=O) groups is 1. The number of hydrogen-bond acceptors (Lipinski definition) is 2. The summed E-state index contributed by atoms with van der Waals surface area (Å²) in [7, 11) is 1.71. The summed E-state index contributed by atoms with van der Waals surface area (Å²) in [6, 6.07) is 6.28. The smallest absolute Gasteiger partial charge is 0.224 e. The maximum Gasteiger partial charge on any atom is 0.224 e. The van der Waals surface area contributed by atoms with Crippen molar-refractivity contribution in [1.82, 2.24) is 4.90 Å². The van der Waals surface area contributed by atoms with Crippen molar-refractivity contribution in [3.63, 3.8) is 0 Å². The lowest BCUT2D eigenvalue weighted by Crippen LogP contribution is -2.50. The molecule has 3 nitrogen and oxygen atoms in total. The topological polar surface area (TPSA) is 46.3 Å². The quantitative estimate of drug-likeness (QED) is 0.908. The van der Waals surface area contributed by atoms with Gasteiger partial charge in [0.1, 0.15) is 5.82 Å². The number of carbonyl (C=O) groups excluding carboxylic acids is 1. The number of halogens is 1. The molecule has 0 aromatic heterocycles. The third-order valence-corrected chi connectivity index (χ3v) is 4.18. The van der Waals surface area contributed by atoms with Gasteiger partial charge in [0.15, 0.2) is 0 Å². The maximum absolute atomic E-state index is 13.7. The summed E-state index contributed by atoms with van der Waals surface area (Å²) >= 11 is 0. The normalized spacial score (nSPS) is 18.5. The number of nitrogens with two attached hydrogens (primary N) is 1. The van der Waals surface area contributed by atoms with E-state index in [1.807, 2.05) is 6.92 Å². The third kappa shape index (κ3) is 2.95. The number of hydrogen-bond donors (Lipinski definition) is 1. The van der Waals surface area contributed by atoms with Crippen LogP contribution in [-0.4, -0.2) is 23.4 Å². The van der Waals surface area contributed by atoms with Crippen molar-refractivity contribution >= 4 is 5.91 Å². The minimum absolute atomic E-state index is 0.0158. The lowest BCUT2D eigenvalue weighted by atomic mass is 9.75. The van der Waals surface area contributed by atoms with Crippen molar-refractivity contribution in [2.24, 2.45) is 5.73 Å². The lowest BCUT2D eigenvalue weighted by Gasteiger charge is -2.39. The van der Waals surface area contributed by atoms with E-state index in [2.05, 4.69) is 0 Å². The van der Waals surface area contributed by atoms with Crippen LogP contribution in [0, 0.1) is 5.82 Å². The Morgan fingerprint density at radius 3 is 2.63 bits per heavy atom. The first-order valence-corrected chi connectivity index (χ1v) is 6.72. The summed E-state index contributed by atoms with van der Waals surface area (Å²) in [4.78, 5) is 13.8. The van der Waals surface area contributed by atoms with Gasteiger partial charge in [-0.25, -0.2) is 4.39 Å². The van der Waals surface area contributed by atoms with Crippen LogP contribution in [-0.2, 0) is 4.79 Å². The van der Waals surface area contributed by atoms with Gasteiger partial charge in [-0.3, -0.25) is 4.79 Å². The fraction of sp³-hybridized carbons (Fsp3) is 0.533. The summed E-state index contributed by atoms with van der Waals surface area (Å²) in [5, 5.41) is 0. The predicted octanol–water partition coefficient (Wildman–Crippen LogP) is 2.62. The molecule has 2 rings (SSSR count). The van der Waals surface area contributed by atoms with Gasteiger partial charge in [0.25, 0.3) is 0 Å². The minimum atomic E-state index is -0.333. The average Bonchev–Trinajstić information content (AvgIpc) is 2.35. The second-order valence-electron chi connectivity index (χ2n) is 5.59. The Balaban J connectivity index is 2.04. The minimum Gasteiger partial charge on any atom is -0.339 e. The molecular formula is C15H21FN2O. The molecule has 0 saturated heterocycles. The van der Waals surface area contributed by atoms with Gasteiger partial charge in [0.2, 0.25) is 5.91 Å². The van der Waals surface area contributed by atoms with E-state index < -0.39 is 0 Å². The Morgan fingerprint density at radius 1 is 1.47 bits per heavy atom. The second kappa shape index (κ2) is 5.29. The molecule has 0 radical (unpaired) electrons. The largest absolute Gasteiger partial charge is 0.339 e. The SMILES string of the molecule is CC(c1ccccc1F)N(C)C(=O)CC1(N)CCC1. The fourth-order valence-corrected chi connectivity index (χ4v) is 2.47. The van der Waals surface area contributed by atoms with E-state index in [0.717, 1.165) is 19.3 Å². The molecular weight excluding hydrogens is 243 g/mol. The summed E-state index contributed by atoms with van der Waals surface area (Å²) in [5.41, 5.74) is 6.30. The zero-order chi connectivity index (χ0) is 14.0. The van der Waals surface area contributed by atoms with E-state index in [4.69, 9.17) is 5.73 Å². The number of benzene rings is 1. The predicted molar refractivity (Wildman–Crippen MR) is 73.0 cm³/mol. The molecule has 0 spiro atoms. The van der Waals surface area contributed by atoms with Gasteiger partial charge in [0.05, 0.1) is 6.04 Å². The molecule has 1 aliphatic carbocycles. The van der Waals surface area contributed by atoms with Crippen molar-refractivity contribution in [3.8, 4) is 0 Å². The molecule has 1 fully saturated rings. The molecule has 0 bridgehead atoms. The molecule has 1 saturated carbocycles. The van der Waals surface area contributed by atoms with Crippen LogP contribution in [0.2, 0.25) is 0 Å². The summed E-state index contributed by atoms with van der Waals surface area (Å²) < 4.78 is 13.7. The average molecular weight is 264 g/mol. The van der Waals surface area contributed by atoms with E-state index >= 15 is 0 Å². The number of rotatable bonds is 4. The van der Waals surface area contributed by atoms with Crippen LogP contribution in [0.1, 0.15) is 44.2 Å². The summed E-state index contributed by atoms with van der Waals surface area (Å²) in [6.07, 6.45) is 3.25. The molecule has 0 aliphatic heterocycles. The van der Waals surface area contributed by atoms with Gasteiger partial charge in [-0.2, -0.15) is 0 Å². The van der Waals surface area contributed by atoms with E-state index in [0.29, 0.717) is 12.0 Å². The molecule has 1 aromatic carbocycles. The zero-order valence-corrected chi connectivity index (χ0v) is 11.5. The molecule has 2 N–H and O–H groups in total. The maximum atomic E-state index is 13.7. The first kappa shape index (κ1) is 14.0. The standard InChI is InChI=1S/C15H21FN2O/c1-11(12-6-3-4-7-13(12)16)18(2)14(19)10-15(17)8-5-9-15/h3-4,6-7,11H,5,8-10,17H2,1-2H3. The van der Waals surface area contributed by atoms with Gasteiger partial charge in [-0.05, 0) is 32.3 Å². The van der Waals surface area contributed by atoms with E-state index in [1.165, 1.54) is 6.07 Å². The summed E-state index contributed by atoms with van der Waals surface area (Å²) in [5.74, 6) is -0.293. The first-order valence-electron chi connectivity index (χ1n) is 6.72. The van der Waals surface area contributed by atoms with Crippen LogP contribution in [0.3, 0.4) is 0 Å². The van der Waals surface area contributed by atoms with Crippen LogP contribution in [0.4, 0.5) is 4.39 Å². The van der Waals surface area contributed by atoms with Crippen molar-refractivity contribution in [3.05, 3.63) is 35.6 Å². The Morgan fingerprint density at radius 2 is 2.11 bits per heavy atom. The summed E-state index contributed by atoms with van der Waals surface area (Å²) in [6.45, 7) is 1.83. The highest BCUT2D eigenvalue weighted by Gasteiger charge is 2.36. The van der Waals surface area contributed by atoms with Crippen molar-refractivity contribution in [2.75, 3.05) is 7.05 Å². The lowest BCUT2D eigenvalue weighted by molar-refractivity contribution is -0.133. The highest BCUT2D eigenvalue weighted by atomic mass is 19.1. The van der Waals surface area contributed by atoms with Crippen LogP contribution in [0.5, 0.6) is 0 Å².